The molecular formula is C16H25NO2S. The van der Waals surface area contributed by atoms with E-state index in [-0.39, 0.29) is 0 Å². The molecule has 1 aromatic carbocycles. The summed E-state index contributed by atoms with van der Waals surface area (Å²) < 4.78 is 27.2. The maximum absolute atomic E-state index is 12.2. The van der Waals surface area contributed by atoms with E-state index in [0.29, 0.717) is 17.4 Å². The number of aryl methyl sites for hydroxylation is 1. The normalized spacial score (nSPS) is 23.7. The van der Waals surface area contributed by atoms with Crippen molar-refractivity contribution in [2.45, 2.75) is 50.8 Å². The summed E-state index contributed by atoms with van der Waals surface area (Å²) in [5.74, 6) is 1.47. The second kappa shape index (κ2) is 6.72. The summed E-state index contributed by atoms with van der Waals surface area (Å²) in [5.41, 5.74) is 0.797. The van der Waals surface area contributed by atoms with Crippen LogP contribution in [0.1, 0.15) is 44.6 Å². The molecule has 2 unspecified atom stereocenters. The van der Waals surface area contributed by atoms with Crippen molar-refractivity contribution in [3.8, 4) is 0 Å². The van der Waals surface area contributed by atoms with Crippen LogP contribution in [0.15, 0.2) is 29.2 Å². The van der Waals surface area contributed by atoms with E-state index >= 15 is 0 Å². The van der Waals surface area contributed by atoms with Gasteiger partial charge >= 0.3 is 0 Å². The average Bonchev–Trinajstić information content (AvgIpc) is 2.39. The van der Waals surface area contributed by atoms with Crippen LogP contribution >= 0.6 is 0 Å². The maximum atomic E-state index is 12.2. The van der Waals surface area contributed by atoms with Gasteiger partial charge in [0.25, 0.3) is 0 Å². The molecule has 1 aromatic rings. The molecule has 1 aliphatic rings. The van der Waals surface area contributed by atoms with E-state index in [2.05, 4.69) is 11.6 Å². The van der Waals surface area contributed by atoms with Gasteiger partial charge in [-0.3, -0.25) is 0 Å². The molecule has 1 fully saturated rings. The monoisotopic (exact) mass is 295 g/mol. The van der Waals surface area contributed by atoms with E-state index < -0.39 is 10.0 Å². The Morgan fingerprint density at radius 2 is 2.00 bits per heavy atom. The molecule has 4 heteroatoms. The Hall–Kier alpha value is -0.870. The molecule has 20 heavy (non-hydrogen) atoms. The lowest BCUT2D eigenvalue weighted by molar-refractivity contribution is 0.271. The van der Waals surface area contributed by atoms with Crippen molar-refractivity contribution in [3.05, 3.63) is 29.8 Å². The summed E-state index contributed by atoms with van der Waals surface area (Å²) in [6, 6.07) is 7.12. The van der Waals surface area contributed by atoms with Crippen molar-refractivity contribution in [1.82, 2.24) is 4.72 Å². The van der Waals surface area contributed by atoms with Gasteiger partial charge < -0.3 is 0 Å². The maximum Gasteiger partial charge on any atom is 0.240 e. The van der Waals surface area contributed by atoms with Crippen LogP contribution in [0.25, 0.3) is 0 Å². The highest BCUT2D eigenvalue weighted by atomic mass is 32.2. The lowest BCUT2D eigenvalue weighted by Gasteiger charge is -2.26. The first kappa shape index (κ1) is 15.5. The molecule has 1 aliphatic carbocycles. The number of nitrogens with one attached hydrogen (secondary N) is 1. The van der Waals surface area contributed by atoms with Crippen molar-refractivity contribution in [3.63, 3.8) is 0 Å². The van der Waals surface area contributed by atoms with Gasteiger partial charge in [0.2, 0.25) is 10.0 Å². The summed E-state index contributed by atoms with van der Waals surface area (Å²) in [6.07, 6.45) is 6.06. The Morgan fingerprint density at radius 3 is 2.70 bits per heavy atom. The first-order valence-corrected chi connectivity index (χ1v) is 9.02. The van der Waals surface area contributed by atoms with Gasteiger partial charge in [0.15, 0.2) is 0 Å². The molecule has 0 spiro atoms. The molecular weight excluding hydrogens is 270 g/mol. The Balaban J connectivity index is 1.88. The smallest absolute Gasteiger partial charge is 0.211 e. The highest BCUT2D eigenvalue weighted by molar-refractivity contribution is 7.89. The summed E-state index contributed by atoms with van der Waals surface area (Å²) in [7, 11) is -3.36. The van der Waals surface area contributed by atoms with Crippen LogP contribution in [-0.2, 0) is 10.0 Å². The van der Waals surface area contributed by atoms with Crippen LogP contribution in [0, 0.1) is 18.8 Å². The zero-order valence-electron chi connectivity index (χ0n) is 12.4. The Kier molecular flexibility index (Phi) is 5.22. The minimum Gasteiger partial charge on any atom is -0.211 e. The van der Waals surface area contributed by atoms with Gasteiger partial charge in [0.05, 0.1) is 4.90 Å². The number of sulfonamides is 1. The van der Waals surface area contributed by atoms with Crippen molar-refractivity contribution in [2.75, 3.05) is 6.54 Å². The lowest BCUT2D eigenvalue weighted by Crippen LogP contribution is -2.27. The van der Waals surface area contributed by atoms with E-state index in [4.69, 9.17) is 0 Å². The SMILES string of the molecule is Cc1ccccc1S(=O)(=O)NCCC1CCCC(C)C1. The molecule has 2 atom stereocenters. The van der Waals surface area contributed by atoms with Crippen molar-refractivity contribution in [1.29, 1.82) is 0 Å². The molecule has 0 heterocycles. The lowest BCUT2D eigenvalue weighted by atomic mass is 9.81. The zero-order chi connectivity index (χ0) is 14.6. The summed E-state index contributed by atoms with van der Waals surface area (Å²) in [4.78, 5) is 0.400. The van der Waals surface area contributed by atoms with Crippen LogP contribution in [0.5, 0.6) is 0 Å². The minimum absolute atomic E-state index is 0.400. The Bertz CT molecular complexity index is 539. The van der Waals surface area contributed by atoms with Gasteiger partial charge in [-0.1, -0.05) is 44.4 Å². The molecule has 0 saturated heterocycles. The molecule has 112 valence electrons. The fourth-order valence-corrected chi connectivity index (χ4v) is 4.45. The number of rotatable bonds is 5. The first-order chi connectivity index (χ1) is 9.49. The van der Waals surface area contributed by atoms with Crippen LogP contribution in [0.3, 0.4) is 0 Å². The zero-order valence-corrected chi connectivity index (χ0v) is 13.2. The fourth-order valence-electron chi connectivity index (χ4n) is 3.16. The van der Waals surface area contributed by atoms with E-state index in [0.717, 1.165) is 17.9 Å². The Labute approximate surface area is 122 Å². The van der Waals surface area contributed by atoms with Gasteiger partial charge in [-0.2, -0.15) is 0 Å². The summed E-state index contributed by atoms with van der Waals surface area (Å²) in [6.45, 7) is 4.68. The third-order valence-corrected chi connectivity index (χ3v) is 5.89. The van der Waals surface area contributed by atoms with Crippen LogP contribution in [0.4, 0.5) is 0 Å². The van der Waals surface area contributed by atoms with Gasteiger partial charge in [-0.25, -0.2) is 13.1 Å². The van der Waals surface area contributed by atoms with Gasteiger partial charge in [-0.05, 0) is 43.2 Å². The number of hydrogen-bond donors (Lipinski definition) is 1. The first-order valence-electron chi connectivity index (χ1n) is 7.54. The van der Waals surface area contributed by atoms with Crippen LogP contribution in [-0.4, -0.2) is 15.0 Å². The third-order valence-electron chi connectivity index (χ3n) is 4.27. The minimum atomic E-state index is -3.36. The van der Waals surface area contributed by atoms with Crippen LogP contribution < -0.4 is 4.72 Å². The third kappa shape index (κ3) is 4.06. The quantitative estimate of drug-likeness (QED) is 0.904. The molecule has 3 nitrogen and oxygen atoms in total. The Morgan fingerprint density at radius 1 is 1.25 bits per heavy atom. The molecule has 0 radical (unpaired) electrons. The van der Waals surface area contributed by atoms with E-state index in [9.17, 15) is 8.42 Å². The number of benzene rings is 1. The predicted molar refractivity (Wildman–Crippen MR) is 82.1 cm³/mol. The largest absolute Gasteiger partial charge is 0.240 e. The summed E-state index contributed by atoms with van der Waals surface area (Å²) >= 11 is 0. The van der Waals surface area contributed by atoms with Crippen molar-refractivity contribution in [2.24, 2.45) is 11.8 Å². The second-order valence-corrected chi connectivity index (χ2v) is 7.83. The van der Waals surface area contributed by atoms with Crippen molar-refractivity contribution < 1.29 is 8.42 Å². The summed E-state index contributed by atoms with van der Waals surface area (Å²) in [5, 5.41) is 0. The average molecular weight is 295 g/mol. The highest BCUT2D eigenvalue weighted by Gasteiger charge is 2.20. The van der Waals surface area contributed by atoms with Crippen molar-refractivity contribution >= 4 is 10.0 Å². The number of hydrogen-bond acceptors (Lipinski definition) is 2. The van der Waals surface area contributed by atoms with Gasteiger partial charge in [-0.15, -0.1) is 0 Å². The molecule has 0 aromatic heterocycles. The molecule has 2 rings (SSSR count). The fraction of sp³-hybridized carbons (Fsp3) is 0.625. The molecule has 0 amide bonds. The van der Waals surface area contributed by atoms with E-state index in [1.165, 1.54) is 25.7 Å². The van der Waals surface area contributed by atoms with Crippen LogP contribution in [0.2, 0.25) is 0 Å². The molecule has 1 saturated carbocycles. The second-order valence-electron chi connectivity index (χ2n) is 6.09. The molecule has 1 N–H and O–H groups in total. The molecule has 0 bridgehead atoms. The van der Waals surface area contributed by atoms with Gasteiger partial charge in [0, 0.05) is 6.54 Å². The van der Waals surface area contributed by atoms with Gasteiger partial charge in [0.1, 0.15) is 0 Å². The topological polar surface area (TPSA) is 46.2 Å². The predicted octanol–water partition coefficient (Wildman–Crippen LogP) is 3.49. The molecule has 0 aliphatic heterocycles. The van der Waals surface area contributed by atoms with E-state index in [1.54, 1.807) is 12.1 Å². The van der Waals surface area contributed by atoms with E-state index in [1.807, 2.05) is 19.1 Å². The highest BCUT2D eigenvalue weighted by Crippen LogP contribution is 2.30. The standard InChI is InChI=1S/C16H25NO2S/c1-13-6-5-8-15(12-13)10-11-17-20(18,19)16-9-4-3-7-14(16)2/h3-4,7,9,13,15,17H,5-6,8,10-12H2,1-2H3.